The van der Waals surface area contributed by atoms with Gasteiger partial charge in [0.15, 0.2) is 5.13 Å². The van der Waals surface area contributed by atoms with Crippen molar-refractivity contribution in [3.8, 4) is 11.5 Å². The number of hydrogen-bond acceptors (Lipinski definition) is 5. The maximum absolute atomic E-state index is 12.6. The first-order valence-corrected chi connectivity index (χ1v) is 7.84. The van der Waals surface area contributed by atoms with Crippen molar-refractivity contribution in [2.75, 3.05) is 19.5 Å². The Hall–Kier alpha value is -2.60. The van der Waals surface area contributed by atoms with Gasteiger partial charge in [-0.3, -0.25) is 10.1 Å². The van der Waals surface area contributed by atoms with E-state index in [9.17, 15) is 4.79 Å². The zero-order valence-corrected chi connectivity index (χ0v) is 13.9. The Balaban J connectivity index is 1.96. The topological polar surface area (TPSA) is 60.5 Å². The van der Waals surface area contributed by atoms with E-state index in [0.717, 1.165) is 15.8 Å². The number of carbonyl (C=O) groups is 1. The molecule has 1 aromatic heterocycles. The number of hydrogen-bond donors (Lipinski definition) is 1. The molecule has 0 aliphatic heterocycles. The highest BCUT2D eigenvalue weighted by Crippen LogP contribution is 2.31. The molecule has 23 heavy (non-hydrogen) atoms. The number of amides is 1. The number of para-hydroxylation sites is 1. The van der Waals surface area contributed by atoms with Crippen molar-refractivity contribution in [2.24, 2.45) is 0 Å². The lowest BCUT2D eigenvalue weighted by atomic mass is 10.1. The van der Waals surface area contributed by atoms with Crippen LogP contribution in [0.3, 0.4) is 0 Å². The Labute approximate surface area is 137 Å². The number of aromatic nitrogens is 1. The molecular formula is C17H16N2O3S. The molecule has 0 unspecified atom stereocenters. The van der Waals surface area contributed by atoms with E-state index in [0.29, 0.717) is 22.2 Å². The average molecular weight is 328 g/mol. The number of methoxy groups -OCH3 is 2. The van der Waals surface area contributed by atoms with Gasteiger partial charge >= 0.3 is 0 Å². The molecule has 1 N–H and O–H groups in total. The Morgan fingerprint density at radius 1 is 1.09 bits per heavy atom. The Bertz CT molecular complexity index is 851. The van der Waals surface area contributed by atoms with Crippen molar-refractivity contribution in [3.05, 3.63) is 47.5 Å². The van der Waals surface area contributed by atoms with E-state index < -0.39 is 0 Å². The fourth-order valence-electron chi connectivity index (χ4n) is 2.37. The van der Waals surface area contributed by atoms with Crippen LogP contribution in [0.4, 0.5) is 5.13 Å². The van der Waals surface area contributed by atoms with Gasteiger partial charge in [-0.15, -0.1) is 0 Å². The first-order valence-electron chi connectivity index (χ1n) is 7.02. The van der Waals surface area contributed by atoms with Gasteiger partial charge in [0, 0.05) is 0 Å². The van der Waals surface area contributed by atoms with Gasteiger partial charge in [-0.1, -0.05) is 29.5 Å². The van der Waals surface area contributed by atoms with Crippen molar-refractivity contribution in [2.45, 2.75) is 6.92 Å². The monoisotopic (exact) mass is 328 g/mol. The lowest BCUT2D eigenvalue weighted by Gasteiger charge is -2.11. The van der Waals surface area contributed by atoms with Crippen molar-refractivity contribution in [1.82, 2.24) is 4.98 Å². The first kappa shape index (κ1) is 15.3. The quantitative estimate of drug-likeness (QED) is 0.790. The summed E-state index contributed by atoms with van der Waals surface area (Å²) < 4.78 is 11.6. The highest BCUT2D eigenvalue weighted by molar-refractivity contribution is 7.22. The molecule has 2 aromatic carbocycles. The molecule has 0 radical (unpaired) electrons. The van der Waals surface area contributed by atoms with E-state index >= 15 is 0 Å². The summed E-state index contributed by atoms with van der Waals surface area (Å²) in [5, 5.41) is 3.38. The Kier molecular flexibility index (Phi) is 4.16. The van der Waals surface area contributed by atoms with Crippen LogP contribution in [0.5, 0.6) is 11.5 Å². The second kappa shape index (κ2) is 6.26. The van der Waals surface area contributed by atoms with Gasteiger partial charge in [-0.2, -0.15) is 0 Å². The summed E-state index contributed by atoms with van der Waals surface area (Å²) >= 11 is 1.44. The minimum absolute atomic E-state index is 0.309. The van der Waals surface area contributed by atoms with Crippen LogP contribution in [0.25, 0.3) is 10.2 Å². The molecule has 0 aliphatic carbocycles. The van der Waals surface area contributed by atoms with Gasteiger partial charge in [0.1, 0.15) is 17.1 Å². The molecule has 1 heterocycles. The van der Waals surface area contributed by atoms with Crippen LogP contribution in [-0.2, 0) is 0 Å². The van der Waals surface area contributed by atoms with Crippen LogP contribution in [-0.4, -0.2) is 25.1 Å². The summed E-state index contributed by atoms with van der Waals surface area (Å²) in [6, 6.07) is 11.2. The minimum Gasteiger partial charge on any atom is -0.496 e. The van der Waals surface area contributed by atoms with Crippen LogP contribution in [0.2, 0.25) is 0 Å². The molecule has 0 saturated carbocycles. The number of ether oxygens (including phenoxy) is 2. The minimum atomic E-state index is -0.309. The predicted molar refractivity (Wildman–Crippen MR) is 91.9 cm³/mol. The van der Waals surface area contributed by atoms with Crippen LogP contribution in [0.15, 0.2) is 36.4 Å². The zero-order chi connectivity index (χ0) is 16.4. The molecule has 0 aliphatic rings. The number of carbonyl (C=O) groups excluding carboxylic acids is 1. The predicted octanol–water partition coefficient (Wildman–Crippen LogP) is 3.87. The van der Waals surface area contributed by atoms with Crippen molar-refractivity contribution >= 4 is 32.6 Å². The summed E-state index contributed by atoms with van der Waals surface area (Å²) in [5.74, 6) is 0.606. The maximum Gasteiger partial charge on any atom is 0.265 e. The molecule has 6 heteroatoms. The van der Waals surface area contributed by atoms with Crippen LogP contribution >= 0.6 is 11.3 Å². The molecule has 0 fully saturated rings. The molecule has 0 bridgehead atoms. The average Bonchev–Trinajstić information content (AvgIpc) is 2.97. The Morgan fingerprint density at radius 2 is 1.74 bits per heavy atom. The normalized spacial score (nSPS) is 10.6. The second-order valence-electron chi connectivity index (χ2n) is 4.93. The first-order chi connectivity index (χ1) is 11.1. The number of aryl methyl sites for hydroxylation is 1. The molecule has 0 saturated heterocycles. The third-order valence-electron chi connectivity index (χ3n) is 3.50. The number of benzene rings is 2. The number of fused-ring (bicyclic) bond motifs is 1. The summed E-state index contributed by atoms with van der Waals surface area (Å²) in [6.07, 6.45) is 0. The number of nitrogens with zero attached hydrogens (tertiary/aromatic N) is 1. The third kappa shape index (κ3) is 2.85. The molecule has 0 atom stereocenters. The molecule has 3 rings (SSSR count). The zero-order valence-electron chi connectivity index (χ0n) is 13.0. The summed E-state index contributed by atoms with van der Waals surface area (Å²) in [7, 11) is 3.04. The molecule has 0 spiro atoms. The van der Waals surface area contributed by atoms with Gasteiger partial charge in [0.05, 0.1) is 24.4 Å². The van der Waals surface area contributed by atoms with E-state index in [1.54, 1.807) is 18.2 Å². The van der Waals surface area contributed by atoms with Gasteiger partial charge < -0.3 is 9.47 Å². The highest BCUT2D eigenvalue weighted by atomic mass is 32.1. The van der Waals surface area contributed by atoms with E-state index in [-0.39, 0.29) is 5.91 Å². The smallest absolute Gasteiger partial charge is 0.265 e. The Morgan fingerprint density at radius 3 is 2.35 bits per heavy atom. The maximum atomic E-state index is 12.6. The SMILES string of the molecule is COc1cccc(OC)c1C(=O)Nc1nc2c(C)cccc2s1. The van der Waals surface area contributed by atoms with Crippen LogP contribution in [0, 0.1) is 6.92 Å². The third-order valence-corrected chi connectivity index (χ3v) is 4.43. The van der Waals surface area contributed by atoms with Crippen LogP contribution < -0.4 is 14.8 Å². The fourth-order valence-corrected chi connectivity index (χ4v) is 3.31. The number of rotatable bonds is 4. The van der Waals surface area contributed by atoms with Crippen molar-refractivity contribution < 1.29 is 14.3 Å². The molecular weight excluding hydrogens is 312 g/mol. The van der Waals surface area contributed by atoms with E-state index in [4.69, 9.17) is 9.47 Å². The van der Waals surface area contributed by atoms with E-state index in [2.05, 4.69) is 10.3 Å². The van der Waals surface area contributed by atoms with Gasteiger partial charge in [0.25, 0.3) is 5.91 Å². The standard InChI is InChI=1S/C17H16N2O3S/c1-10-6-4-9-13-15(10)18-17(23-13)19-16(20)14-11(21-2)7-5-8-12(14)22-3/h4-9H,1-3H3,(H,18,19,20). The molecule has 3 aromatic rings. The lowest BCUT2D eigenvalue weighted by Crippen LogP contribution is -2.14. The van der Waals surface area contributed by atoms with Gasteiger partial charge in [-0.05, 0) is 30.7 Å². The summed E-state index contributed by atoms with van der Waals surface area (Å²) in [6.45, 7) is 2.00. The van der Waals surface area contributed by atoms with Gasteiger partial charge in [0.2, 0.25) is 0 Å². The van der Waals surface area contributed by atoms with E-state index in [1.165, 1.54) is 25.6 Å². The number of thiazole rings is 1. The molecule has 5 nitrogen and oxygen atoms in total. The molecule has 1 amide bonds. The van der Waals surface area contributed by atoms with Crippen LogP contribution in [0.1, 0.15) is 15.9 Å². The summed E-state index contributed by atoms with van der Waals surface area (Å²) in [4.78, 5) is 17.1. The fraction of sp³-hybridized carbons (Fsp3) is 0.176. The molecule has 118 valence electrons. The van der Waals surface area contributed by atoms with Crippen molar-refractivity contribution in [3.63, 3.8) is 0 Å². The van der Waals surface area contributed by atoms with Crippen molar-refractivity contribution in [1.29, 1.82) is 0 Å². The number of anilines is 1. The number of nitrogens with one attached hydrogen (secondary N) is 1. The second-order valence-corrected chi connectivity index (χ2v) is 5.96. The van der Waals surface area contributed by atoms with E-state index in [1.807, 2.05) is 25.1 Å². The summed E-state index contributed by atoms with van der Waals surface area (Å²) in [5.41, 5.74) is 2.34. The van der Waals surface area contributed by atoms with Gasteiger partial charge in [-0.25, -0.2) is 4.98 Å². The lowest BCUT2D eigenvalue weighted by molar-refractivity contribution is 0.102. The highest BCUT2D eigenvalue weighted by Gasteiger charge is 2.19. The largest absolute Gasteiger partial charge is 0.496 e.